The van der Waals surface area contributed by atoms with Gasteiger partial charge in [-0.15, -0.1) is 0 Å². The van der Waals surface area contributed by atoms with Crippen molar-refractivity contribution < 1.29 is 19.8 Å². The number of fused-ring (bicyclic) bond motifs is 5. The topological polar surface area (TPSA) is 86.7 Å². The molecule has 0 radical (unpaired) electrons. The Hall–Kier alpha value is -0.910. The molecule has 8 atom stereocenters. The van der Waals surface area contributed by atoms with Crippen molar-refractivity contribution in [2.45, 2.75) is 88.9 Å². The summed E-state index contributed by atoms with van der Waals surface area (Å²) in [6, 6.07) is 0. The van der Waals surface area contributed by atoms with Gasteiger partial charge in [-0.1, -0.05) is 19.0 Å². The third-order valence-corrected chi connectivity index (χ3v) is 9.88. The quantitative estimate of drug-likeness (QED) is 0.700. The van der Waals surface area contributed by atoms with Crippen LogP contribution in [-0.4, -0.2) is 32.2 Å². The Morgan fingerprint density at radius 1 is 1.00 bits per heavy atom. The minimum absolute atomic E-state index is 0.151. The molecule has 4 aliphatic carbocycles. The summed E-state index contributed by atoms with van der Waals surface area (Å²) in [4.78, 5) is 0. The maximum absolute atomic E-state index is 12.1. The van der Waals surface area contributed by atoms with Gasteiger partial charge in [0, 0.05) is 11.0 Å². The van der Waals surface area contributed by atoms with Crippen molar-refractivity contribution in [1.29, 1.82) is 0 Å². The average molecular weight is 376 g/mol. The van der Waals surface area contributed by atoms with Crippen LogP contribution in [-0.2, 0) is 5.60 Å². The van der Waals surface area contributed by atoms with Crippen molar-refractivity contribution in [3.05, 3.63) is 18.0 Å². The minimum atomic E-state index is -1.08. The molecule has 1 aromatic heterocycles. The number of aliphatic hydroxyl groups excluding tert-OH is 1. The highest BCUT2D eigenvalue weighted by Gasteiger charge is 2.72. The maximum atomic E-state index is 12.1. The van der Waals surface area contributed by atoms with Crippen molar-refractivity contribution in [1.82, 2.24) is 5.16 Å². The molecule has 0 amide bonds. The van der Waals surface area contributed by atoms with Crippen molar-refractivity contribution in [2.24, 2.45) is 28.6 Å². The Labute approximate surface area is 161 Å². The number of rotatable bonds is 1. The molecule has 27 heavy (non-hydrogen) atoms. The molecule has 0 aliphatic heterocycles. The van der Waals surface area contributed by atoms with Gasteiger partial charge in [0.15, 0.2) is 0 Å². The molecule has 1 aromatic rings. The predicted octanol–water partition coefficient (Wildman–Crippen LogP) is 3.38. The number of hydrogen-bond acceptors (Lipinski definition) is 5. The summed E-state index contributed by atoms with van der Waals surface area (Å²) < 4.78 is 5.04. The van der Waals surface area contributed by atoms with Crippen LogP contribution in [0.15, 0.2) is 17.0 Å². The van der Waals surface area contributed by atoms with Crippen LogP contribution in [0.5, 0.6) is 0 Å². The summed E-state index contributed by atoms with van der Waals surface area (Å²) in [6.45, 7) is 4.50. The van der Waals surface area contributed by atoms with E-state index in [2.05, 4.69) is 19.0 Å². The van der Waals surface area contributed by atoms with Gasteiger partial charge in [-0.25, -0.2) is 0 Å². The lowest BCUT2D eigenvalue weighted by atomic mass is 9.43. The second-order valence-electron chi connectivity index (χ2n) is 10.5. The van der Waals surface area contributed by atoms with Crippen LogP contribution < -0.4 is 0 Å². The molecular weight excluding hydrogens is 342 g/mol. The van der Waals surface area contributed by atoms with Gasteiger partial charge in [0.05, 0.1) is 17.9 Å². The summed E-state index contributed by atoms with van der Waals surface area (Å²) in [6.07, 6.45) is 11.0. The molecule has 1 heterocycles. The van der Waals surface area contributed by atoms with E-state index in [1.165, 1.54) is 0 Å². The summed E-state index contributed by atoms with van der Waals surface area (Å²) in [5.41, 5.74) is -1.60. The van der Waals surface area contributed by atoms with Gasteiger partial charge >= 0.3 is 0 Å². The van der Waals surface area contributed by atoms with E-state index in [9.17, 15) is 15.3 Å². The van der Waals surface area contributed by atoms with Crippen LogP contribution in [0, 0.1) is 28.6 Å². The standard InChI is InChI=1S/C22H33NO4/c1-19-7-5-16(24)11-14(19)3-4-18-17(19)6-8-20(2)21(25,9-10-22(18,20)26)15-12-23-27-13-15/h12-14,16-18,24-26H,3-11H2,1-2H3/t14-,16-,17-,18+,19-,20+,21-,22+/m0/s1. The normalized spacial score (nSPS) is 54.9. The summed E-state index contributed by atoms with van der Waals surface area (Å²) in [5, 5.41) is 37.8. The first-order valence-corrected chi connectivity index (χ1v) is 10.8. The van der Waals surface area contributed by atoms with Crippen LogP contribution in [0.3, 0.4) is 0 Å². The van der Waals surface area contributed by atoms with Crippen LogP contribution in [0.4, 0.5) is 0 Å². The lowest BCUT2D eigenvalue weighted by Crippen LogP contribution is -2.64. The Balaban J connectivity index is 1.52. The van der Waals surface area contributed by atoms with Crippen LogP contribution in [0.1, 0.15) is 77.2 Å². The van der Waals surface area contributed by atoms with Gasteiger partial charge in [-0.3, -0.25) is 0 Å². The number of aromatic nitrogens is 1. The van der Waals surface area contributed by atoms with Crippen LogP contribution in [0.25, 0.3) is 0 Å². The second kappa shape index (κ2) is 5.58. The zero-order valence-electron chi connectivity index (χ0n) is 16.5. The van der Waals surface area contributed by atoms with Gasteiger partial charge in [-0.05, 0) is 81.0 Å². The number of hydrogen-bond donors (Lipinski definition) is 3. The van der Waals surface area contributed by atoms with E-state index in [0.29, 0.717) is 30.2 Å². The van der Waals surface area contributed by atoms with Gasteiger partial charge in [0.2, 0.25) is 0 Å². The fraction of sp³-hybridized carbons (Fsp3) is 0.864. The first-order valence-electron chi connectivity index (χ1n) is 10.8. The van der Waals surface area contributed by atoms with E-state index in [-0.39, 0.29) is 17.4 Å². The lowest BCUT2D eigenvalue weighted by molar-refractivity contribution is -0.238. The highest BCUT2D eigenvalue weighted by atomic mass is 16.5. The van der Waals surface area contributed by atoms with E-state index < -0.39 is 16.6 Å². The molecule has 0 saturated heterocycles. The van der Waals surface area contributed by atoms with Crippen LogP contribution in [0.2, 0.25) is 0 Å². The zero-order valence-corrected chi connectivity index (χ0v) is 16.5. The Morgan fingerprint density at radius 2 is 1.81 bits per heavy atom. The first kappa shape index (κ1) is 18.1. The maximum Gasteiger partial charge on any atom is 0.129 e. The van der Waals surface area contributed by atoms with Crippen molar-refractivity contribution in [3.63, 3.8) is 0 Å². The molecule has 0 aromatic carbocycles. The van der Waals surface area contributed by atoms with E-state index in [1.54, 1.807) is 12.5 Å². The molecule has 0 unspecified atom stereocenters. The summed E-state index contributed by atoms with van der Waals surface area (Å²) in [7, 11) is 0. The lowest BCUT2D eigenvalue weighted by Gasteiger charge is -2.64. The summed E-state index contributed by atoms with van der Waals surface area (Å²) in [5.74, 6) is 1.27. The molecule has 5 nitrogen and oxygen atoms in total. The number of nitrogens with zero attached hydrogens (tertiary/aromatic N) is 1. The minimum Gasteiger partial charge on any atom is -0.393 e. The molecule has 3 N–H and O–H groups in total. The molecule has 0 spiro atoms. The molecule has 0 bridgehead atoms. The van der Waals surface area contributed by atoms with Crippen molar-refractivity contribution in [3.8, 4) is 0 Å². The highest BCUT2D eigenvalue weighted by Crippen LogP contribution is 2.71. The van der Waals surface area contributed by atoms with Crippen molar-refractivity contribution >= 4 is 0 Å². The smallest absolute Gasteiger partial charge is 0.129 e. The Kier molecular flexibility index (Phi) is 3.75. The van der Waals surface area contributed by atoms with Crippen LogP contribution >= 0.6 is 0 Å². The monoisotopic (exact) mass is 375 g/mol. The van der Waals surface area contributed by atoms with E-state index in [1.807, 2.05) is 0 Å². The fourth-order valence-electron chi connectivity index (χ4n) is 8.09. The second-order valence-corrected chi connectivity index (χ2v) is 10.5. The van der Waals surface area contributed by atoms with Crippen molar-refractivity contribution in [2.75, 3.05) is 0 Å². The third kappa shape index (κ3) is 2.09. The Bertz CT molecular complexity index is 722. The van der Waals surface area contributed by atoms with E-state index >= 15 is 0 Å². The third-order valence-electron chi connectivity index (χ3n) is 9.88. The molecule has 5 rings (SSSR count). The van der Waals surface area contributed by atoms with Gasteiger partial charge < -0.3 is 19.8 Å². The van der Waals surface area contributed by atoms with Gasteiger partial charge in [-0.2, -0.15) is 0 Å². The molecule has 150 valence electrons. The molecule has 5 heteroatoms. The van der Waals surface area contributed by atoms with E-state index in [0.717, 1.165) is 44.9 Å². The van der Waals surface area contributed by atoms with Gasteiger partial charge in [0.25, 0.3) is 0 Å². The van der Waals surface area contributed by atoms with Gasteiger partial charge in [0.1, 0.15) is 11.9 Å². The fourth-order valence-corrected chi connectivity index (χ4v) is 8.09. The molecular formula is C22H33NO4. The van der Waals surface area contributed by atoms with E-state index in [4.69, 9.17) is 4.52 Å². The number of aliphatic hydroxyl groups is 3. The predicted molar refractivity (Wildman–Crippen MR) is 99.6 cm³/mol. The largest absolute Gasteiger partial charge is 0.393 e. The molecule has 4 saturated carbocycles. The molecule has 4 aliphatic rings. The zero-order chi connectivity index (χ0) is 19.1. The Morgan fingerprint density at radius 3 is 2.56 bits per heavy atom. The first-order chi connectivity index (χ1) is 12.7. The highest BCUT2D eigenvalue weighted by molar-refractivity contribution is 5.29. The summed E-state index contributed by atoms with van der Waals surface area (Å²) >= 11 is 0. The SMILES string of the molecule is C[C@]12CC[C@H](O)C[C@@H]1CC[C@@H]1[C@@H]2CC[C@@]2(C)[C@@]1(O)CC[C@]2(O)c1cnoc1. The molecule has 4 fully saturated rings. The average Bonchev–Trinajstić information content (AvgIpc) is 3.24.